The SMILES string of the molecule is CCC(=O)CCC(C)(C)CCC(C)(C)CN=O. The van der Waals surface area contributed by atoms with Crippen LogP contribution < -0.4 is 0 Å². The third-order valence-corrected chi connectivity index (χ3v) is 3.45. The van der Waals surface area contributed by atoms with Crippen LogP contribution in [0.5, 0.6) is 0 Å². The lowest BCUT2D eigenvalue weighted by atomic mass is 9.76. The van der Waals surface area contributed by atoms with E-state index in [1.165, 1.54) is 0 Å². The highest BCUT2D eigenvalue weighted by molar-refractivity contribution is 5.77. The molecule has 0 spiro atoms. The highest BCUT2D eigenvalue weighted by Gasteiger charge is 2.25. The van der Waals surface area contributed by atoms with Crippen molar-refractivity contribution in [2.45, 2.75) is 66.7 Å². The second-order valence-electron chi connectivity index (χ2n) is 6.51. The van der Waals surface area contributed by atoms with Crippen molar-refractivity contribution in [3.05, 3.63) is 4.91 Å². The second kappa shape index (κ2) is 6.87. The number of Topliss-reactive ketones (excluding diaryl/α,β-unsaturated/α-hetero) is 1. The van der Waals surface area contributed by atoms with Crippen molar-refractivity contribution in [2.75, 3.05) is 6.54 Å². The maximum Gasteiger partial charge on any atom is 0.132 e. The normalized spacial score (nSPS) is 12.5. The van der Waals surface area contributed by atoms with E-state index >= 15 is 0 Å². The zero-order valence-electron chi connectivity index (χ0n) is 12.0. The average Bonchev–Trinajstić information content (AvgIpc) is 2.24. The number of carbonyl (C=O) groups is 1. The number of rotatable bonds is 9. The molecule has 0 heterocycles. The van der Waals surface area contributed by atoms with Crippen LogP contribution in [0.1, 0.15) is 66.7 Å². The van der Waals surface area contributed by atoms with Gasteiger partial charge in [-0.15, -0.1) is 0 Å². The van der Waals surface area contributed by atoms with Gasteiger partial charge in [-0.25, -0.2) is 0 Å². The minimum Gasteiger partial charge on any atom is -0.300 e. The van der Waals surface area contributed by atoms with Crippen LogP contribution in [-0.4, -0.2) is 12.3 Å². The average molecular weight is 241 g/mol. The summed E-state index contributed by atoms with van der Waals surface area (Å²) in [7, 11) is 0. The molecule has 0 saturated carbocycles. The van der Waals surface area contributed by atoms with Crippen molar-refractivity contribution in [2.24, 2.45) is 16.0 Å². The largest absolute Gasteiger partial charge is 0.300 e. The van der Waals surface area contributed by atoms with Gasteiger partial charge in [0, 0.05) is 12.8 Å². The summed E-state index contributed by atoms with van der Waals surface area (Å²) in [4.78, 5) is 21.6. The summed E-state index contributed by atoms with van der Waals surface area (Å²) in [6.07, 6.45) is 4.26. The van der Waals surface area contributed by atoms with E-state index in [0.717, 1.165) is 19.3 Å². The van der Waals surface area contributed by atoms with E-state index in [9.17, 15) is 9.70 Å². The van der Waals surface area contributed by atoms with Crippen molar-refractivity contribution in [3.63, 3.8) is 0 Å². The molecule has 0 rings (SSSR count). The fraction of sp³-hybridized carbons (Fsp3) is 0.929. The molecule has 0 atom stereocenters. The van der Waals surface area contributed by atoms with Crippen molar-refractivity contribution in [3.8, 4) is 0 Å². The van der Waals surface area contributed by atoms with Gasteiger partial charge in [0.2, 0.25) is 0 Å². The fourth-order valence-corrected chi connectivity index (χ4v) is 1.71. The van der Waals surface area contributed by atoms with Gasteiger partial charge in [-0.3, -0.25) is 4.79 Å². The Bertz CT molecular complexity index is 257. The van der Waals surface area contributed by atoms with E-state index in [1.807, 2.05) is 6.92 Å². The molecule has 3 nitrogen and oxygen atoms in total. The van der Waals surface area contributed by atoms with Gasteiger partial charge >= 0.3 is 0 Å². The zero-order chi connectivity index (χ0) is 13.5. The van der Waals surface area contributed by atoms with Crippen LogP contribution in [0.25, 0.3) is 0 Å². The molecule has 0 fully saturated rings. The van der Waals surface area contributed by atoms with Gasteiger partial charge in [0.05, 0.1) is 6.54 Å². The minimum atomic E-state index is -0.0201. The van der Waals surface area contributed by atoms with Crippen LogP contribution in [0.3, 0.4) is 0 Å². The molecule has 0 saturated heterocycles. The van der Waals surface area contributed by atoms with Gasteiger partial charge in [-0.1, -0.05) is 39.8 Å². The fourth-order valence-electron chi connectivity index (χ4n) is 1.71. The topological polar surface area (TPSA) is 46.5 Å². The van der Waals surface area contributed by atoms with Crippen molar-refractivity contribution in [1.82, 2.24) is 0 Å². The number of ketones is 1. The molecule has 0 aromatic heterocycles. The summed E-state index contributed by atoms with van der Waals surface area (Å²) in [5, 5.41) is 2.99. The first-order chi connectivity index (χ1) is 7.72. The molecule has 0 bridgehead atoms. The molecule has 100 valence electrons. The van der Waals surface area contributed by atoms with Crippen LogP contribution in [0.2, 0.25) is 0 Å². The van der Waals surface area contributed by atoms with Crippen LogP contribution in [0.15, 0.2) is 5.18 Å². The molecule has 0 unspecified atom stereocenters. The first-order valence-electron chi connectivity index (χ1n) is 6.53. The van der Waals surface area contributed by atoms with Crippen molar-refractivity contribution in [1.29, 1.82) is 0 Å². The van der Waals surface area contributed by atoms with Gasteiger partial charge < -0.3 is 0 Å². The molecule has 0 aliphatic heterocycles. The zero-order valence-corrected chi connectivity index (χ0v) is 12.0. The van der Waals surface area contributed by atoms with Crippen LogP contribution in [0.4, 0.5) is 0 Å². The standard InChI is InChI=1S/C14H27NO2/c1-6-12(16)7-8-13(2,3)9-10-14(4,5)11-15-17/h6-11H2,1-5H3. The van der Waals surface area contributed by atoms with Gasteiger partial charge in [0.25, 0.3) is 0 Å². The molecule has 3 heteroatoms. The second-order valence-corrected chi connectivity index (χ2v) is 6.51. The molecule has 0 aliphatic rings. The summed E-state index contributed by atoms with van der Waals surface area (Å²) in [6, 6.07) is 0. The van der Waals surface area contributed by atoms with Gasteiger partial charge in [-0.2, -0.15) is 4.91 Å². The number of carbonyl (C=O) groups excluding carboxylic acids is 1. The smallest absolute Gasteiger partial charge is 0.132 e. The summed E-state index contributed by atoms with van der Waals surface area (Å²) in [5.74, 6) is 0.340. The molecule has 0 aromatic carbocycles. The third kappa shape index (κ3) is 8.06. The Kier molecular flexibility index (Phi) is 6.58. The van der Waals surface area contributed by atoms with E-state index < -0.39 is 0 Å². The van der Waals surface area contributed by atoms with Crippen molar-refractivity contribution < 1.29 is 4.79 Å². The summed E-state index contributed by atoms with van der Waals surface area (Å²) >= 11 is 0. The third-order valence-electron chi connectivity index (χ3n) is 3.45. The monoisotopic (exact) mass is 241 g/mol. The Hall–Kier alpha value is -0.730. The highest BCUT2D eigenvalue weighted by atomic mass is 16.3. The van der Waals surface area contributed by atoms with Gasteiger partial charge in [-0.05, 0) is 30.1 Å². The minimum absolute atomic E-state index is 0.0201. The Morgan fingerprint density at radius 3 is 2.00 bits per heavy atom. The molecule has 0 amide bonds. The quantitative estimate of drug-likeness (QED) is 0.563. The lowest BCUT2D eigenvalue weighted by Crippen LogP contribution is -2.21. The summed E-state index contributed by atoms with van der Waals surface area (Å²) in [5.41, 5.74) is 0.152. The van der Waals surface area contributed by atoms with Crippen molar-refractivity contribution >= 4 is 5.78 Å². The summed E-state index contributed by atoms with van der Waals surface area (Å²) < 4.78 is 0. The lowest BCUT2D eigenvalue weighted by molar-refractivity contribution is -0.119. The van der Waals surface area contributed by atoms with Crippen LogP contribution in [0, 0.1) is 15.7 Å². The van der Waals surface area contributed by atoms with E-state index in [1.54, 1.807) is 0 Å². The molecular weight excluding hydrogens is 214 g/mol. The lowest BCUT2D eigenvalue weighted by Gasteiger charge is -2.29. The number of nitroso groups, excluding NO2 is 1. The first kappa shape index (κ1) is 16.3. The molecule has 0 radical (unpaired) electrons. The van der Waals surface area contributed by atoms with Crippen LogP contribution >= 0.6 is 0 Å². The van der Waals surface area contributed by atoms with Gasteiger partial charge in [0.1, 0.15) is 5.78 Å². The van der Waals surface area contributed by atoms with Gasteiger partial charge in [0.15, 0.2) is 0 Å². The van der Waals surface area contributed by atoms with E-state index in [2.05, 4.69) is 32.9 Å². The number of hydrogen-bond donors (Lipinski definition) is 0. The van der Waals surface area contributed by atoms with Crippen LogP contribution in [-0.2, 0) is 4.79 Å². The Labute approximate surface area is 105 Å². The molecular formula is C14H27NO2. The molecule has 0 N–H and O–H groups in total. The van der Waals surface area contributed by atoms with E-state index in [0.29, 0.717) is 25.2 Å². The Morgan fingerprint density at radius 1 is 1.00 bits per heavy atom. The number of nitrogens with zero attached hydrogens (tertiary/aromatic N) is 1. The first-order valence-corrected chi connectivity index (χ1v) is 6.53. The predicted molar refractivity (Wildman–Crippen MR) is 72.0 cm³/mol. The molecule has 0 aromatic rings. The molecule has 17 heavy (non-hydrogen) atoms. The Morgan fingerprint density at radius 2 is 1.53 bits per heavy atom. The Balaban J connectivity index is 4.08. The predicted octanol–water partition coefficient (Wildman–Crippen LogP) is 4.34. The highest BCUT2D eigenvalue weighted by Crippen LogP contribution is 2.34. The summed E-state index contributed by atoms with van der Waals surface area (Å²) in [6.45, 7) is 10.8. The maximum absolute atomic E-state index is 11.3. The molecule has 0 aliphatic carbocycles. The van der Waals surface area contributed by atoms with E-state index in [-0.39, 0.29) is 10.8 Å². The maximum atomic E-state index is 11.3. The number of hydrogen-bond acceptors (Lipinski definition) is 3. The van der Waals surface area contributed by atoms with E-state index in [4.69, 9.17) is 0 Å².